The Morgan fingerprint density at radius 1 is 1.19 bits per heavy atom. The van der Waals surface area contributed by atoms with Crippen LogP contribution in [0.4, 0.5) is 4.39 Å². The minimum Gasteiger partial charge on any atom is -0.343 e. The molecule has 3 aromatic rings. The molecule has 2 nitrogen and oxygen atoms in total. The van der Waals surface area contributed by atoms with E-state index in [1.165, 1.54) is 11.6 Å². The number of nitrogens with zero attached hydrogens (tertiary/aromatic N) is 1. The number of rotatable bonds is 5. The standard InChI is InChI=1S/C17H17FN2S/c1-19-9-14-8-17(15-4-2-3-5-16(15)18)20(11-14)10-13-6-7-21-12-13/h2-8,11-12,19H,9-10H2,1H3. The van der Waals surface area contributed by atoms with Gasteiger partial charge in [0.05, 0.1) is 5.69 Å². The Hall–Kier alpha value is -1.91. The van der Waals surface area contributed by atoms with Crippen LogP contribution >= 0.6 is 11.3 Å². The summed E-state index contributed by atoms with van der Waals surface area (Å²) in [6, 6.07) is 11.1. The largest absolute Gasteiger partial charge is 0.343 e. The van der Waals surface area contributed by atoms with Gasteiger partial charge in [-0.15, -0.1) is 0 Å². The number of nitrogens with one attached hydrogen (secondary N) is 1. The Balaban J connectivity index is 2.03. The molecule has 2 aromatic heterocycles. The first kappa shape index (κ1) is 14.0. The van der Waals surface area contributed by atoms with Crippen molar-refractivity contribution in [1.82, 2.24) is 9.88 Å². The number of benzene rings is 1. The first-order valence-corrected chi connectivity index (χ1v) is 7.82. The highest BCUT2D eigenvalue weighted by molar-refractivity contribution is 7.07. The van der Waals surface area contributed by atoms with Crippen molar-refractivity contribution in [2.24, 2.45) is 0 Å². The molecule has 1 N–H and O–H groups in total. The molecule has 0 spiro atoms. The van der Waals surface area contributed by atoms with Crippen LogP contribution in [0.3, 0.4) is 0 Å². The summed E-state index contributed by atoms with van der Waals surface area (Å²) >= 11 is 1.68. The third kappa shape index (κ3) is 3.06. The van der Waals surface area contributed by atoms with Crippen molar-refractivity contribution in [1.29, 1.82) is 0 Å². The lowest BCUT2D eigenvalue weighted by molar-refractivity contribution is 0.629. The number of halogens is 1. The Morgan fingerprint density at radius 3 is 2.76 bits per heavy atom. The van der Waals surface area contributed by atoms with E-state index in [4.69, 9.17) is 0 Å². The van der Waals surface area contributed by atoms with Gasteiger partial charge in [-0.05, 0) is 53.2 Å². The lowest BCUT2D eigenvalue weighted by Crippen LogP contribution is -2.04. The third-order valence-corrected chi connectivity index (χ3v) is 4.15. The molecule has 1 aromatic carbocycles. The van der Waals surface area contributed by atoms with E-state index in [0.29, 0.717) is 5.56 Å². The van der Waals surface area contributed by atoms with Gasteiger partial charge in [-0.25, -0.2) is 4.39 Å². The SMILES string of the molecule is CNCc1cc(-c2ccccc2F)n(Cc2ccsc2)c1. The van der Waals surface area contributed by atoms with Gasteiger partial charge in [-0.1, -0.05) is 12.1 Å². The molecule has 21 heavy (non-hydrogen) atoms. The van der Waals surface area contributed by atoms with E-state index in [9.17, 15) is 4.39 Å². The highest BCUT2D eigenvalue weighted by atomic mass is 32.1. The van der Waals surface area contributed by atoms with Gasteiger partial charge < -0.3 is 9.88 Å². The van der Waals surface area contributed by atoms with E-state index in [-0.39, 0.29) is 5.82 Å². The van der Waals surface area contributed by atoms with E-state index in [2.05, 4.69) is 39.0 Å². The highest BCUT2D eigenvalue weighted by Gasteiger charge is 2.12. The average Bonchev–Trinajstić information content (AvgIpc) is 3.11. The number of hydrogen-bond donors (Lipinski definition) is 1. The molecule has 0 aliphatic rings. The fourth-order valence-corrected chi connectivity index (χ4v) is 3.14. The maximum absolute atomic E-state index is 14.1. The molecular formula is C17H17FN2S. The van der Waals surface area contributed by atoms with Gasteiger partial charge in [0.15, 0.2) is 0 Å². The Kier molecular flexibility index (Phi) is 4.18. The summed E-state index contributed by atoms with van der Waals surface area (Å²) in [6.45, 7) is 1.54. The summed E-state index contributed by atoms with van der Waals surface area (Å²) in [4.78, 5) is 0. The van der Waals surface area contributed by atoms with Crippen LogP contribution in [-0.2, 0) is 13.1 Å². The zero-order chi connectivity index (χ0) is 14.7. The monoisotopic (exact) mass is 300 g/mol. The van der Waals surface area contributed by atoms with Crippen LogP contribution in [-0.4, -0.2) is 11.6 Å². The predicted octanol–water partition coefficient (Wildman–Crippen LogP) is 4.12. The molecule has 3 rings (SSSR count). The summed E-state index contributed by atoms with van der Waals surface area (Å²) in [5.74, 6) is -0.182. The molecule has 0 aliphatic carbocycles. The van der Waals surface area contributed by atoms with E-state index in [1.54, 1.807) is 17.4 Å². The third-order valence-electron chi connectivity index (χ3n) is 3.42. The number of hydrogen-bond acceptors (Lipinski definition) is 2. The molecule has 0 bridgehead atoms. The summed E-state index contributed by atoms with van der Waals surface area (Å²) < 4.78 is 16.2. The van der Waals surface area contributed by atoms with Crippen LogP contribution in [0.2, 0.25) is 0 Å². The van der Waals surface area contributed by atoms with Crippen molar-refractivity contribution >= 4 is 11.3 Å². The first-order chi connectivity index (χ1) is 10.3. The van der Waals surface area contributed by atoms with Crippen LogP contribution in [0.15, 0.2) is 53.4 Å². The Bertz CT molecular complexity index is 716. The van der Waals surface area contributed by atoms with Crippen LogP contribution in [0.5, 0.6) is 0 Å². The average molecular weight is 300 g/mol. The molecule has 2 heterocycles. The second kappa shape index (κ2) is 6.24. The fourth-order valence-electron chi connectivity index (χ4n) is 2.48. The molecule has 0 aliphatic heterocycles. The van der Waals surface area contributed by atoms with Crippen molar-refractivity contribution in [2.45, 2.75) is 13.1 Å². The van der Waals surface area contributed by atoms with Crippen molar-refractivity contribution in [3.05, 3.63) is 70.3 Å². The minimum atomic E-state index is -0.182. The van der Waals surface area contributed by atoms with Gasteiger partial charge in [0.2, 0.25) is 0 Å². The van der Waals surface area contributed by atoms with Gasteiger partial charge in [-0.2, -0.15) is 11.3 Å². The Labute approximate surface area is 127 Å². The number of thiophene rings is 1. The molecule has 0 unspecified atom stereocenters. The lowest BCUT2D eigenvalue weighted by atomic mass is 10.1. The second-order valence-corrected chi connectivity index (χ2v) is 5.78. The van der Waals surface area contributed by atoms with Crippen LogP contribution in [0.1, 0.15) is 11.1 Å². The highest BCUT2D eigenvalue weighted by Crippen LogP contribution is 2.26. The van der Waals surface area contributed by atoms with E-state index in [0.717, 1.165) is 24.3 Å². The Morgan fingerprint density at radius 2 is 2.05 bits per heavy atom. The zero-order valence-electron chi connectivity index (χ0n) is 11.8. The lowest BCUT2D eigenvalue weighted by Gasteiger charge is -2.09. The van der Waals surface area contributed by atoms with Gasteiger partial charge in [0, 0.05) is 24.8 Å². The summed E-state index contributed by atoms with van der Waals surface area (Å²) in [5.41, 5.74) is 3.97. The van der Waals surface area contributed by atoms with E-state index in [1.807, 2.05) is 19.2 Å². The zero-order valence-corrected chi connectivity index (χ0v) is 12.7. The predicted molar refractivity (Wildman–Crippen MR) is 86.0 cm³/mol. The smallest absolute Gasteiger partial charge is 0.132 e. The van der Waals surface area contributed by atoms with Crippen LogP contribution < -0.4 is 5.32 Å². The molecule has 0 saturated heterocycles. The normalized spacial score (nSPS) is 11.0. The maximum atomic E-state index is 14.1. The van der Waals surface area contributed by atoms with E-state index >= 15 is 0 Å². The molecule has 0 saturated carbocycles. The molecule has 0 atom stereocenters. The van der Waals surface area contributed by atoms with Gasteiger partial charge in [0.1, 0.15) is 5.82 Å². The minimum absolute atomic E-state index is 0.182. The summed E-state index contributed by atoms with van der Waals surface area (Å²) in [6.07, 6.45) is 2.09. The molecule has 0 fully saturated rings. The molecule has 108 valence electrons. The van der Waals surface area contributed by atoms with Gasteiger partial charge in [0.25, 0.3) is 0 Å². The van der Waals surface area contributed by atoms with Crippen molar-refractivity contribution in [2.75, 3.05) is 7.05 Å². The molecular weight excluding hydrogens is 283 g/mol. The maximum Gasteiger partial charge on any atom is 0.132 e. The van der Waals surface area contributed by atoms with Gasteiger partial charge >= 0.3 is 0 Å². The van der Waals surface area contributed by atoms with Crippen LogP contribution in [0.25, 0.3) is 11.3 Å². The van der Waals surface area contributed by atoms with Crippen molar-refractivity contribution in [3.63, 3.8) is 0 Å². The quantitative estimate of drug-likeness (QED) is 0.750. The molecule has 4 heteroatoms. The van der Waals surface area contributed by atoms with Crippen molar-refractivity contribution in [3.8, 4) is 11.3 Å². The summed E-state index contributed by atoms with van der Waals surface area (Å²) in [7, 11) is 1.92. The fraction of sp³-hybridized carbons (Fsp3) is 0.176. The molecule has 0 amide bonds. The topological polar surface area (TPSA) is 17.0 Å². The van der Waals surface area contributed by atoms with E-state index < -0.39 is 0 Å². The number of aromatic nitrogens is 1. The summed E-state index contributed by atoms with van der Waals surface area (Å²) in [5, 5.41) is 7.34. The second-order valence-electron chi connectivity index (χ2n) is 5.00. The first-order valence-electron chi connectivity index (χ1n) is 6.87. The van der Waals surface area contributed by atoms with Crippen LogP contribution in [0, 0.1) is 5.82 Å². The van der Waals surface area contributed by atoms with Crippen molar-refractivity contribution < 1.29 is 4.39 Å². The molecule has 0 radical (unpaired) electrons. The van der Waals surface area contributed by atoms with Gasteiger partial charge in [-0.3, -0.25) is 0 Å².